The number of rotatable bonds is 3. The molecule has 0 N–H and O–H groups in total. The molecule has 0 unspecified atom stereocenters. The minimum atomic E-state index is -1.51. The molecule has 5 rings (SSSR count). The van der Waals surface area contributed by atoms with Gasteiger partial charge in [0.25, 0.3) is 0 Å². The molecule has 4 saturated carbocycles. The lowest BCUT2D eigenvalue weighted by atomic mass is 9.38. The first-order chi connectivity index (χ1) is 17.4. The molecular weight excluding hydrogens is 492 g/mol. The normalized spacial score (nSPS) is 45.9. The quantitative estimate of drug-likeness (QED) is 0.305. The van der Waals surface area contributed by atoms with Crippen LogP contribution in [0.1, 0.15) is 81.1 Å². The fourth-order valence-corrected chi connectivity index (χ4v) is 9.37. The lowest BCUT2D eigenvalue weighted by Crippen LogP contribution is -2.78. The van der Waals surface area contributed by atoms with Gasteiger partial charge in [0.05, 0.1) is 11.5 Å². The van der Waals surface area contributed by atoms with Crippen LogP contribution in [0.4, 0.5) is 0 Å². The summed E-state index contributed by atoms with van der Waals surface area (Å²) in [6.07, 6.45) is -0.921. The first kappa shape index (κ1) is 27.3. The molecule has 9 nitrogen and oxygen atoms in total. The third kappa shape index (κ3) is 3.36. The third-order valence-corrected chi connectivity index (χ3v) is 10.3. The van der Waals surface area contributed by atoms with Crippen molar-refractivity contribution in [2.24, 2.45) is 28.1 Å². The summed E-state index contributed by atoms with van der Waals surface area (Å²) in [4.78, 5) is 51.9. The summed E-state index contributed by atoms with van der Waals surface area (Å²) in [6, 6.07) is 0. The molecule has 0 aromatic rings. The van der Waals surface area contributed by atoms with Gasteiger partial charge in [-0.05, 0) is 44.4 Å². The van der Waals surface area contributed by atoms with Crippen LogP contribution in [0.15, 0.2) is 12.2 Å². The predicted molar refractivity (Wildman–Crippen MR) is 133 cm³/mol. The number of ketones is 1. The summed E-state index contributed by atoms with van der Waals surface area (Å²) < 4.78 is 31.1. The number of carbonyl (C=O) groups excluding carboxylic acids is 4. The molecule has 4 aliphatic carbocycles. The van der Waals surface area contributed by atoms with Crippen molar-refractivity contribution in [1.29, 1.82) is 0 Å². The molecule has 2 bridgehead atoms. The second-order valence-corrected chi connectivity index (χ2v) is 13.3. The Morgan fingerprint density at radius 2 is 1.58 bits per heavy atom. The lowest BCUT2D eigenvalue weighted by Gasteiger charge is -2.70. The summed E-state index contributed by atoms with van der Waals surface area (Å²) in [6.45, 7) is 18.2. The average Bonchev–Trinajstić information content (AvgIpc) is 2.86. The van der Waals surface area contributed by atoms with E-state index in [0.717, 1.165) is 6.42 Å². The molecule has 0 amide bonds. The van der Waals surface area contributed by atoms with E-state index in [4.69, 9.17) is 23.7 Å². The fraction of sp³-hybridized carbons (Fsp3) is 0.793. The van der Waals surface area contributed by atoms with E-state index in [1.807, 2.05) is 0 Å². The van der Waals surface area contributed by atoms with E-state index in [1.54, 1.807) is 13.8 Å². The Bertz CT molecular complexity index is 1120. The molecule has 9 heteroatoms. The van der Waals surface area contributed by atoms with Crippen LogP contribution in [0.5, 0.6) is 0 Å². The molecule has 1 aliphatic heterocycles. The van der Waals surface area contributed by atoms with Crippen LogP contribution in [0.2, 0.25) is 0 Å². The molecular formula is C29H40O9. The van der Waals surface area contributed by atoms with Crippen LogP contribution in [-0.4, -0.2) is 59.5 Å². The van der Waals surface area contributed by atoms with Gasteiger partial charge < -0.3 is 23.7 Å². The van der Waals surface area contributed by atoms with Crippen molar-refractivity contribution in [1.82, 2.24) is 0 Å². The average molecular weight is 533 g/mol. The molecule has 1 spiro atoms. The molecule has 210 valence electrons. The van der Waals surface area contributed by atoms with Gasteiger partial charge in [0.2, 0.25) is 0 Å². The van der Waals surface area contributed by atoms with Gasteiger partial charge in [-0.25, -0.2) is 0 Å². The van der Waals surface area contributed by atoms with Gasteiger partial charge in [0.1, 0.15) is 18.3 Å². The summed E-state index contributed by atoms with van der Waals surface area (Å²) >= 11 is 0. The number of Topliss-reactive ketones (excluding diaryl/α,β-unsaturated/α-hetero) is 1. The van der Waals surface area contributed by atoms with Gasteiger partial charge >= 0.3 is 17.9 Å². The second kappa shape index (κ2) is 8.13. The van der Waals surface area contributed by atoms with Gasteiger partial charge in [0.15, 0.2) is 17.2 Å². The van der Waals surface area contributed by atoms with Crippen LogP contribution in [0.25, 0.3) is 0 Å². The number of hydrogen-bond donors (Lipinski definition) is 0. The molecule has 0 radical (unpaired) electrons. The van der Waals surface area contributed by atoms with Crippen LogP contribution < -0.4 is 0 Å². The van der Waals surface area contributed by atoms with Crippen LogP contribution in [-0.2, 0) is 42.9 Å². The second-order valence-electron chi connectivity index (χ2n) is 13.3. The van der Waals surface area contributed by atoms with E-state index in [9.17, 15) is 19.2 Å². The van der Waals surface area contributed by atoms with Crippen molar-refractivity contribution in [2.75, 3.05) is 0 Å². The smallest absolute Gasteiger partial charge is 0.303 e. The first-order valence-corrected chi connectivity index (χ1v) is 13.6. The Labute approximate surface area is 223 Å². The maximum Gasteiger partial charge on any atom is 0.303 e. The zero-order valence-corrected chi connectivity index (χ0v) is 23.7. The zero-order valence-electron chi connectivity index (χ0n) is 23.7. The van der Waals surface area contributed by atoms with Crippen LogP contribution in [0, 0.1) is 28.1 Å². The highest BCUT2D eigenvalue weighted by Gasteiger charge is 2.85. The van der Waals surface area contributed by atoms with Gasteiger partial charge in [-0.15, -0.1) is 0 Å². The summed E-state index contributed by atoms with van der Waals surface area (Å²) in [7, 11) is 0. The third-order valence-electron chi connectivity index (χ3n) is 10.3. The van der Waals surface area contributed by atoms with E-state index in [0.29, 0.717) is 12.8 Å². The van der Waals surface area contributed by atoms with Crippen molar-refractivity contribution in [3.63, 3.8) is 0 Å². The van der Waals surface area contributed by atoms with E-state index < -0.39 is 70.5 Å². The standard InChI is InChI=1S/C29H40O9/c1-14-23(33)29-21-12-19-25(5,6)11-10-20(35-16(3)31)27(19,9)22(29)18(34-15(2)30)13-28(14,36-17(4)32)24(29)38-26(7,8)37-21/h18-22,24H,1,10-13H2,2-9H3/t18-,19+,20+,21+,22-,24-,27-,28+,29+/m0/s1. The molecule has 38 heavy (non-hydrogen) atoms. The number of hydrogen-bond acceptors (Lipinski definition) is 9. The molecule has 5 fully saturated rings. The van der Waals surface area contributed by atoms with Crippen molar-refractivity contribution in [3.05, 3.63) is 12.2 Å². The molecule has 0 aromatic heterocycles. The summed E-state index contributed by atoms with van der Waals surface area (Å²) in [5, 5.41) is 0. The van der Waals surface area contributed by atoms with Gasteiger partial charge in [-0.2, -0.15) is 0 Å². The number of carbonyl (C=O) groups is 4. The molecule has 9 atom stereocenters. The van der Waals surface area contributed by atoms with Gasteiger partial charge in [0, 0.05) is 44.1 Å². The minimum Gasteiger partial charge on any atom is -0.462 e. The molecule has 5 aliphatic rings. The fourth-order valence-electron chi connectivity index (χ4n) is 9.37. The molecule has 1 saturated heterocycles. The molecule has 0 aromatic carbocycles. The molecule has 1 heterocycles. The number of ether oxygens (including phenoxy) is 5. The van der Waals surface area contributed by atoms with Gasteiger partial charge in [-0.1, -0.05) is 27.4 Å². The van der Waals surface area contributed by atoms with Crippen molar-refractivity contribution in [2.45, 2.75) is 117 Å². The Hall–Kier alpha value is -2.26. The maximum atomic E-state index is 14.6. The van der Waals surface area contributed by atoms with Crippen LogP contribution >= 0.6 is 0 Å². The van der Waals surface area contributed by atoms with Crippen molar-refractivity contribution >= 4 is 23.7 Å². The largest absolute Gasteiger partial charge is 0.462 e. The Morgan fingerprint density at radius 1 is 0.947 bits per heavy atom. The van der Waals surface area contributed by atoms with Crippen LogP contribution in [0.3, 0.4) is 0 Å². The van der Waals surface area contributed by atoms with Gasteiger partial charge in [-0.3, -0.25) is 19.2 Å². The van der Waals surface area contributed by atoms with E-state index >= 15 is 0 Å². The maximum absolute atomic E-state index is 14.6. The number of esters is 3. The van der Waals surface area contributed by atoms with Crippen molar-refractivity contribution in [3.8, 4) is 0 Å². The Morgan fingerprint density at radius 3 is 2.16 bits per heavy atom. The Kier molecular flexibility index (Phi) is 5.84. The van der Waals surface area contributed by atoms with E-state index in [-0.39, 0.29) is 29.1 Å². The lowest BCUT2D eigenvalue weighted by molar-refractivity contribution is -0.406. The summed E-state index contributed by atoms with van der Waals surface area (Å²) in [5.41, 5.74) is -3.69. The van der Waals surface area contributed by atoms with E-state index in [1.165, 1.54) is 20.8 Å². The highest BCUT2D eigenvalue weighted by atomic mass is 16.7. The zero-order chi connectivity index (χ0) is 28.2. The monoisotopic (exact) mass is 532 g/mol. The summed E-state index contributed by atoms with van der Waals surface area (Å²) in [5.74, 6) is -3.55. The minimum absolute atomic E-state index is 0.0200. The SMILES string of the molecule is C=C1C(=O)[C@@]23[C@H]4OC(C)(C)O[C@@H]2C[C@@H]2C(C)(C)CC[C@@H](OC(C)=O)[C@@]2(C)[C@@H]3[C@@H](OC(C)=O)C[C@@]14OC(C)=O. The topological polar surface area (TPSA) is 114 Å². The number of fused-ring (bicyclic) bond motifs is 2. The highest BCUT2D eigenvalue weighted by Crippen LogP contribution is 2.75. The van der Waals surface area contributed by atoms with E-state index in [2.05, 4.69) is 27.4 Å². The first-order valence-electron chi connectivity index (χ1n) is 13.6. The Balaban J connectivity index is 1.82. The predicted octanol–water partition coefficient (Wildman–Crippen LogP) is 3.66. The van der Waals surface area contributed by atoms with Crippen molar-refractivity contribution < 1.29 is 42.9 Å². The highest BCUT2D eigenvalue weighted by molar-refractivity contribution is 6.07.